The summed E-state index contributed by atoms with van der Waals surface area (Å²) in [4.78, 5) is 0. The van der Waals surface area contributed by atoms with Crippen LogP contribution in [-0.2, 0) is 6.54 Å². The second-order valence-electron chi connectivity index (χ2n) is 5.00. The van der Waals surface area contributed by atoms with Crippen molar-refractivity contribution in [1.29, 1.82) is 0 Å². The van der Waals surface area contributed by atoms with Crippen molar-refractivity contribution in [2.24, 2.45) is 0 Å². The Balaban J connectivity index is 1.64. The Hall–Kier alpha value is -1.65. The summed E-state index contributed by atoms with van der Waals surface area (Å²) in [6.07, 6.45) is 6.38. The molecule has 0 bridgehead atoms. The van der Waals surface area contributed by atoms with E-state index in [9.17, 15) is 0 Å². The summed E-state index contributed by atoms with van der Waals surface area (Å²) < 4.78 is 1.92. The largest absolute Gasteiger partial charge is 0.313 e. The molecular formula is C15H20N4. The molecule has 1 saturated heterocycles. The van der Waals surface area contributed by atoms with Gasteiger partial charge in [0.1, 0.15) is 0 Å². The van der Waals surface area contributed by atoms with Crippen molar-refractivity contribution in [3.05, 3.63) is 48.3 Å². The molecule has 0 radical (unpaired) electrons. The highest BCUT2D eigenvalue weighted by molar-refractivity contribution is 5.40. The van der Waals surface area contributed by atoms with Crippen LogP contribution in [-0.4, -0.2) is 28.9 Å². The summed E-state index contributed by atoms with van der Waals surface area (Å²) in [5.41, 5.74) is 2.43. The molecule has 0 saturated carbocycles. The molecule has 2 heterocycles. The number of hydrogen-bond donors (Lipinski definition) is 2. The standard InChI is InChI=1S/C15H20N4/c1-2-7-15(19-10-4-9-18-19)13(5-1)11-16-12-14-6-3-8-17-14/h1-2,4-5,7,9-10,14,16-17H,3,6,8,11-12H2. The topological polar surface area (TPSA) is 41.9 Å². The number of nitrogens with zero attached hydrogens (tertiary/aromatic N) is 2. The number of aromatic nitrogens is 2. The molecule has 2 aromatic rings. The zero-order valence-corrected chi connectivity index (χ0v) is 11.0. The lowest BCUT2D eigenvalue weighted by Gasteiger charge is -2.13. The van der Waals surface area contributed by atoms with E-state index in [1.165, 1.54) is 18.4 Å². The first-order chi connectivity index (χ1) is 9.43. The third-order valence-corrected chi connectivity index (χ3v) is 3.61. The highest BCUT2D eigenvalue weighted by Crippen LogP contribution is 2.13. The van der Waals surface area contributed by atoms with Crippen molar-refractivity contribution < 1.29 is 0 Å². The normalized spacial score (nSPS) is 18.8. The highest BCUT2D eigenvalue weighted by atomic mass is 15.3. The average Bonchev–Trinajstić information content (AvgIpc) is 3.12. The third-order valence-electron chi connectivity index (χ3n) is 3.61. The summed E-state index contributed by atoms with van der Waals surface area (Å²) in [5, 5.41) is 11.4. The minimum Gasteiger partial charge on any atom is -0.313 e. The van der Waals surface area contributed by atoms with Crippen LogP contribution < -0.4 is 10.6 Å². The highest BCUT2D eigenvalue weighted by Gasteiger charge is 2.13. The van der Waals surface area contributed by atoms with E-state index >= 15 is 0 Å². The van der Waals surface area contributed by atoms with Crippen molar-refractivity contribution >= 4 is 0 Å². The lowest BCUT2D eigenvalue weighted by molar-refractivity contribution is 0.535. The van der Waals surface area contributed by atoms with Gasteiger partial charge in [-0.3, -0.25) is 0 Å². The second-order valence-corrected chi connectivity index (χ2v) is 5.00. The van der Waals surface area contributed by atoms with Gasteiger partial charge in [0, 0.05) is 31.5 Å². The maximum absolute atomic E-state index is 4.31. The van der Waals surface area contributed by atoms with Crippen LogP contribution >= 0.6 is 0 Å². The maximum Gasteiger partial charge on any atom is 0.0690 e. The Kier molecular flexibility index (Phi) is 3.91. The van der Waals surface area contributed by atoms with E-state index in [2.05, 4.69) is 40.0 Å². The van der Waals surface area contributed by atoms with E-state index in [4.69, 9.17) is 0 Å². The van der Waals surface area contributed by atoms with Gasteiger partial charge in [0.15, 0.2) is 0 Å². The Morgan fingerprint density at radius 2 is 2.26 bits per heavy atom. The smallest absolute Gasteiger partial charge is 0.0690 e. The fourth-order valence-electron chi connectivity index (χ4n) is 2.61. The molecule has 3 rings (SSSR count). The van der Waals surface area contributed by atoms with Crippen LogP contribution in [0.25, 0.3) is 5.69 Å². The van der Waals surface area contributed by atoms with Gasteiger partial charge in [0.2, 0.25) is 0 Å². The van der Waals surface area contributed by atoms with Crippen molar-refractivity contribution in [3.8, 4) is 5.69 Å². The summed E-state index contributed by atoms with van der Waals surface area (Å²) in [5.74, 6) is 0. The third kappa shape index (κ3) is 3.03. The average molecular weight is 256 g/mol. The van der Waals surface area contributed by atoms with E-state index in [0.717, 1.165) is 25.3 Å². The van der Waals surface area contributed by atoms with Gasteiger partial charge in [-0.2, -0.15) is 5.10 Å². The van der Waals surface area contributed by atoms with Gasteiger partial charge in [-0.05, 0) is 37.1 Å². The van der Waals surface area contributed by atoms with Crippen LogP contribution in [0.5, 0.6) is 0 Å². The van der Waals surface area contributed by atoms with Crippen LogP contribution in [0.15, 0.2) is 42.7 Å². The molecule has 4 heteroatoms. The molecule has 1 aliphatic rings. The van der Waals surface area contributed by atoms with E-state index in [0.29, 0.717) is 6.04 Å². The van der Waals surface area contributed by atoms with Gasteiger partial charge in [0.05, 0.1) is 5.69 Å². The molecular weight excluding hydrogens is 236 g/mol. The molecule has 1 fully saturated rings. The zero-order valence-electron chi connectivity index (χ0n) is 11.0. The molecule has 1 unspecified atom stereocenters. The fourth-order valence-corrected chi connectivity index (χ4v) is 2.61. The number of rotatable bonds is 5. The summed E-state index contributed by atoms with van der Waals surface area (Å²) in [6, 6.07) is 11.0. The molecule has 1 aromatic carbocycles. The first kappa shape index (κ1) is 12.4. The van der Waals surface area contributed by atoms with Gasteiger partial charge in [-0.1, -0.05) is 18.2 Å². The van der Waals surface area contributed by atoms with Crippen LogP contribution in [0.2, 0.25) is 0 Å². The van der Waals surface area contributed by atoms with Gasteiger partial charge in [0.25, 0.3) is 0 Å². The maximum atomic E-state index is 4.31. The first-order valence-corrected chi connectivity index (χ1v) is 6.95. The minimum absolute atomic E-state index is 0.636. The van der Waals surface area contributed by atoms with E-state index < -0.39 is 0 Å². The Morgan fingerprint density at radius 3 is 3.05 bits per heavy atom. The predicted molar refractivity (Wildman–Crippen MR) is 76.3 cm³/mol. The molecule has 4 nitrogen and oxygen atoms in total. The van der Waals surface area contributed by atoms with Crippen molar-refractivity contribution in [2.75, 3.05) is 13.1 Å². The van der Waals surface area contributed by atoms with E-state index in [1.807, 2.05) is 23.1 Å². The Morgan fingerprint density at radius 1 is 1.32 bits per heavy atom. The molecule has 1 atom stereocenters. The number of nitrogens with one attached hydrogen (secondary N) is 2. The van der Waals surface area contributed by atoms with Crippen LogP contribution in [0.3, 0.4) is 0 Å². The lowest BCUT2D eigenvalue weighted by Crippen LogP contribution is -2.33. The van der Waals surface area contributed by atoms with E-state index in [-0.39, 0.29) is 0 Å². The van der Waals surface area contributed by atoms with Crippen molar-refractivity contribution in [2.45, 2.75) is 25.4 Å². The SMILES string of the molecule is c1ccc(-n2cccn2)c(CNCC2CCCN2)c1. The van der Waals surface area contributed by atoms with Crippen molar-refractivity contribution in [3.63, 3.8) is 0 Å². The lowest BCUT2D eigenvalue weighted by atomic mass is 10.1. The summed E-state index contributed by atoms with van der Waals surface area (Å²) in [6.45, 7) is 3.08. The quantitative estimate of drug-likeness (QED) is 0.856. The van der Waals surface area contributed by atoms with Gasteiger partial charge in [-0.25, -0.2) is 4.68 Å². The molecule has 100 valence electrons. The van der Waals surface area contributed by atoms with Crippen LogP contribution in [0.1, 0.15) is 18.4 Å². The Labute approximate surface area is 113 Å². The number of hydrogen-bond acceptors (Lipinski definition) is 3. The first-order valence-electron chi connectivity index (χ1n) is 6.95. The monoisotopic (exact) mass is 256 g/mol. The van der Waals surface area contributed by atoms with Crippen LogP contribution in [0.4, 0.5) is 0 Å². The fraction of sp³-hybridized carbons (Fsp3) is 0.400. The Bertz CT molecular complexity index is 501. The molecule has 0 amide bonds. The molecule has 0 spiro atoms. The molecule has 0 aliphatic carbocycles. The van der Waals surface area contributed by atoms with Crippen molar-refractivity contribution in [1.82, 2.24) is 20.4 Å². The second kappa shape index (κ2) is 5.99. The van der Waals surface area contributed by atoms with Gasteiger partial charge < -0.3 is 10.6 Å². The predicted octanol–water partition coefficient (Wildman–Crippen LogP) is 1.71. The zero-order chi connectivity index (χ0) is 12.9. The van der Waals surface area contributed by atoms with Gasteiger partial charge >= 0.3 is 0 Å². The minimum atomic E-state index is 0.636. The summed E-state index contributed by atoms with van der Waals surface area (Å²) in [7, 11) is 0. The van der Waals surface area contributed by atoms with E-state index in [1.54, 1.807) is 0 Å². The van der Waals surface area contributed by atoms with Crippen LogP contribution in [0, 0.1) is 0 Å². The number of para-hydroxylation sites is 1. The number of benzene rings is 1. The van der Waals surface area contributed by atoms with Gasteiger partial charge in [-0.15, -0.1) is 0 Å². The molecule has 2 N–H and O–H groups in total. The molecule has 1 aliphatic heterocycles. The molecule has 1 aromatic heterocycles. The molecule has 19 heavy (non-hydrogen) atoms. The summed E-state index contributed by atoms with van der Waals surface area (Å²) >= 11 is 0.